The normalized spacial score (nSPS) is 9.93. The SMILES string of the molecule is COC(=O)CCNCCc1ccncc1. The second-order valence-electron chi connectivity index (χ2n) is 3.18. The van der Waals surface area contributed by atoms with Gasteiger partial charge in [-0.1, -0.05) is 0 Å². The summed E-state index contributed by atoms with van der Waals surface area (Å²) in [4.78, 5) is 14.7. The molecule has 0 saturated heterocycles. The van der Waals surface area contributed by atoms with E-state index in [0.29, 0.717) is 13.0 Å². The smallest absolute Gasteiger partial charge is 0.306 e. The first kappa shape index (κ1) is 11.7. The summed E-state index contributed by atoms with van der Waals surface area (Å²) in [6, 6.07) is 3.98. The van der Waals surface area contributed by atoms with Crippen LogP contribution in [-0.2, 0) is 16.0 Å². The zero-order chi connectivity index (χ0) is 10.9. The number of nitrogens with zero attached hydrogens (tertiary/aromatic N) is 1. The van der Waals surface area contributed by atoms with Gasteiger partial charge in [0.05, 0.1) is 13.5 Å². The third kappa shape index (κ3) is 5.12. The van der Waals surface area contributed by atoms with Crippen LogP contribution in [0, 0.1) is 0 Å². The maximum absolute atomic E-state index is 10.8. The van der Waals surface area contributed by atoms with E-state index in [2.05, 4.69) is 15.0 Å². The fourth-order valence-corrected chi connectivity index (χ4v) is 1.20. The molecular weight excluding hydrogens is 192 g/mol. The molecule has 0 aliphatic heterocycles. The molecule has 82 valence electrons. The van der Waals surface area contributed by atoms with Gasteiger partial charge in [0.2, 0.25) is 0 Å². The van der Waals surface area contributed by atoms with E-state index >= 15 is 0 Å². The highest BCUT2D eigenvalue weighted by molar-refractivity contribution is 5.69. The van der Waals surface area contributed by atoms with Gasteiger partial charge in [0, 0.05) is 18.9 Å². The summed E-state index contributed by atoms with van der Waals surface area (Å²) in [6.07, 6.45) is 4.93. The molecule has 0 aliphatic rings. The molecule has 0 amide bonds. The lowest BCUT2D eigenvalue weighted by molar-refractivity contribution is -0.140. The Morgan fingerprint density at radius 2 is 2.13 bits per heavy atom. The average molecular weight is 208 g/mol. The van der Waals surface area contributed by atoms with Gasteiger partial charge in [-0.05, 0) is 30.7 Å². The second-order valence-corrected chi connectivity index (χ2v) is 3.18. The predicted molar refractivity (Wildman–Crippen MR) is 57.4 cm³/mol. The summed E-state index contributed by atoms with van der Waals surface area (Å²) >= 11 is 0. The Bertz CT molecular complexity index is 288. The summed E-state index contributed by atoms with van der Waals surface area (Å²) in [5.74, 6) is -0.175. The molecule has 0 bridgehead atoms. The molecule has 0 radical (unpaired) electrons. The number of esters is 1. The van der Waals surface area contributed by atoms with Gasteiger partial charge in [0.25, 0.3) is 0 Å². The van der Waals surface area contributed by atoms with Gasteiger partial charge in [0.15, 0.2) is 0 Å². The predicted octanol–water partition coefficient (Wildman–Crippen LogP) is 0.777. The third-order valence-corrected chi connectivity index (χ3v) is 2.07. The van der Waals surface area contributed by atoms with E-state index in [1.165, 1.54) is 12.7 Å². The van der Waals surface area contributed by atoms with Gasteiger partial charge in [-0.2, -0.15) is 0 Å². The zero-order valence-corrected chi connectivity index (χ0v) is 8.90. The highest BCUT2D eigenvalue weighted by Gasteiger charge is 1.98. The summed E-state index contributed by atoms with van der Waals surface area (Å²) in [5, 5.41) is 3.18. The lowest BCUT2D eigenvalue weighted by atomic mass is 10.2. The van der Waals surface area contributed by atoms with E-state index in [1.807, 2.05) is 12.1 Å². The fraction of sp³-hybridized carbons (Fsp3) is 0.455. The first-order valence-electron chi connectivity index (χ1n) is 4.99. The van der Waals surface area contributed by atoms with Crippen LogP contribution in [0.1, 0.15) is 12.0 Å². The molecule has 0 fully saturated rings. The molecular formula is C11H16N2O2. The topological polar surface area (TPSA) is 51.2 Å². The quantitative estimate of drug-likeness (QED) is 0.554. The Balaban J connectivity index is 2.05. The van der Waals surface area contributed by atoms with E-state index in [9.17, 15) is 4.79 Å². The fourth-order valence-electron chi connectivity index (χ4n) is 1.20. The lowest BCUT2D eigenvalue weighted by Gasteiger charge is -2.03. The Kier molecular flexibility index (Phi) is 5.40. The minimum Gasteiger partial charge on any atom is -0.469 e. The number of rotatable bonds is 6. The number of methoxy groups -OCH3 is 1. The lowest BCUT2D eigenvalue weighted by Crippen LogP contribution is -2.21. The van der Waals surface area contributed by atoms with E-state index in [1.54, 1.807) is 12.4 Å². The van der Waals surface area contributed by atoms with Crippen LogP contribution in [0.25, 0.3) is 0 Å². The van der Waals surface area contributed by atoms with Crippen molar-refractivity contribution in [2.24, 2.45) is 0 Å². The van der Waals surface area contributed by atoms with Crippen molar-refractivity contribution in [1.82, 2.24) is 10.3 Å². The molecule has 1 rings (SSSR count). The Hall–Kier alpha value is -1.42. The van der Waals surface area contributed by atoms with E-state index in [-0.39, 0.29) is 5.97 Å². The molecule has 0 aromatic carbocycles. The van der Waals surface area contributed by atoms with E-state index < -0.39 is 0 Å². The number of hydrogen-bond donors (Lipinski definition) is 1. The molecule has 15 heavy (non-hydrogen) atoms. The molecule has 4 nitrogen and oxygen atoms in total. The monoisotopic (exact) mass is 208 g/mol. The molecule has 1 aromatic heterocycles. The summed E-state index contributed by atoms with van der Waals surface area (Å²) < 4.78 is 4.53. The Labute approximate surface area is 89.7 Å². The van der Waals surface area contributed by atoms with E-state index in [4.69, 9.17) is 0 Å². The van der Waals surface area contributed by atoms with Crippen LogP contribution >= 0.6 is 0 Å². The molecule has 1 heterocycles. The van der Waals surface area contributed by atoms with Gasteiger partial charge in [-0.15, -0.1) is 0 Å². The number of hydrogen-bond acceptors (Lipinski definition) is 4. The summed E-state index contributed by atoms with van der Waals surface area (Å²) in [5.41, 5.74) is 1.25. The van der Waals surface area contributed by atoms with Crippen LogP contribution in [0.15, 0.2) is 24.5 Å². The van der Waals surface area contributed by atoms with Crippen molar-refractivity contribution in [3.8, 4) is 0 Å². The number of carbonyl (C=O) groups excluding carboxylic acids is 1. The van der Waals surface area contributed by atoms with Crippen molar-refractivity contribution < 1.29 is 9.53 Å². The molecule has 1 N–H and O–H groups in total. The zero-order valence-electron chi connectivity index (χ0n) is 8.90. The minimum atomic E-state index is -0.175. The summed E-state index contributed by atoms with van der Waals surface area (Å²) in [7, 11) is 1.40. The van der Waals surface area contributed by atoms with Crippen molar-refractivity contribution in [3.05, 3.63) is 30.1 Å². The highest BCUT2D eigenvalue weighted by Crippen LogP contribution is 1.95. The van der Waals surface area contributed by atoms with Crippen molar-refractivity contribution >= 4 is 5.97 Å². The van der Waals surface area contributed by atoms with Crippen molar-refractivity contribution in [1.29, 1.82) is 0 Å². The molecule has 0 spiro atoms. The number of nitrogens with one attached hydrogen (secondary N) is 1. The van der Waals surface area contributed by atoms with Crippen molar-refractivity contribution in [2.75, 3.05) is 20.2 Å². The van der Waals surface area contributed by atoms with Gasteiger partial charge in [0.1, 0.15) is 0 Å². The van der Waals surface area contributed by atoms with Crippen molar-refractivity contribution in [2.45, 2.75) is 12.8 Å². The number of carbonyl (C=O) groups is 1. The van der Waals surface area contributed by atoms with Gasteiger partial charge < -0.3 is 10.1 Å². The second kappa shape index (κ2) is 6.95. The molecule has 4 heteroatoms. The van der Waals surface area contributed by atoms with Crippen LogP contribution < -0.4 is 5.32 Å². The maximum Gasteiger partial charge on any atom is 0.306 e. The Morgan fingerprint density at radius 1 is 1.40 bits per heavy atom. The molecule has 0 atom stereocenters. The van der Waals surface area contributed by atoms with Crippen LogP contribution in [0.3, 0.4) is 0 Å². The van der Waals surface area contributed by atoms with Crippen LogP contribution in [-0.4, -0.2) is 31.2 Å². The molecule has 1 aromatic rings. The third-order valence-electron chi connectivity index (χ3n) is 2.07. The first-order valence-corrected chi connectivity index (χ1v) is 4.99. The average Bonchev–Trinajstić information content (AvgIpc) is 2.29. The van der Waals surface area contributed by atoms with Crippen LogP contribution in [0.2, 0.25) is 0 Å². The van der Waals surface area contributed by atoms with Crippen LogP contribution in [0.5, 0.6) is 0 Å². The minimum absolute atomic E-state index is 0.175. The molecule has 0 saturated carbocycles. The van der Waals surface area contributed by atoms with E-state index in [0.717, 1.165) is 13.0 Å². The number of ether oxygens (including phenoxy) is 1. The van der Waals surface area contributed by atoms with Gasteiger partial charge >= 0.3 is 5.97 Å². The van der Waals surface area contributed by atoms with Crippen LogP contribution in [0.4, 0.5) is 0 Å². The standard InChI is InChI=1S/C11H16N2O2/c1-15-11(14)5-9-13-8-4-10-2-6-12-7-3-10/h2-3,6-7,13H,4-5,8-9H2,1H3. The van der Waals surface area contributed by atoms with Crippen molar-refractivity contribution in [3.63, 3.8) is 0 Å². The largest absolute Gasteiger partial charge is 0.469 e. The number of aromatic nitrogens is 1. The first-order chi connectivity index (χ1) is 7.33. The number of pyridine rings is 1. The maximum atomic E-state index is 10.8. The summed E-state index contributed by atoms with van der Waals surface area (Å²) in [6.45, 7) is 1.53. The van der Waals surface area contributed by atoms with Gasteiger partial charge in [-0.3, -0.25) is 9.78 Å². The molecule has 0 aliphatic carbocycles. The Morgan fingerprint density at radius 3 is 2.80 bits per heavy atom. The van der Waals surface area contributed by atoms with Gasteiger partial charge in [-0.25, -0.2) is 0 Å². The molecule has 0 unspecified atom stereocenters. The highest BCUT2D eigenvalue weighted by atomic mass is 16.5.